The van der Waals surface area contributed by atoms with Gasteiger partial charge in [-0.25, -0.2) is 0 Å². The first-order valence-electron chi connectivity index (χ1n) is 6.66. The van der Waals surface area contributed by atoms with E-state index in [2.05, 4.69) is 9.98 Å². The SMILES string of the molecule is Cc1ccc2c(C=Nc3cc(Cl)ccc3C)c(O)[nH]c2c1. The number of benzene rings is 2. The number of aromatic hydroxyl groups is 1. The molecule has 21 heavy (non-hydrogen) atoms. The number of hydrogen-bond donors (Lipinski definition) is 2. The van der Waals surface area contributed by atoms with Gasteiger partial charge >= 0.3 is 0 Å². The Morgan fingerprint density at radius 2 is 1.95 bits per heavy atom. The van der Waals surface area contributed by atoms with E-state index >= 15 is 0 Å². The molecule has 0 amide bonds. The minimum absolute atomic E-state index is 0.124. The second-order valence-corrected chi connectivity index (χ2v) is 5.56. The minimum atomic E-state index is 0.124. The molecule has 3 nitrogen and oxygen atoms in total. The van der Waals surface area contributed by atoms with Crippen LogP contribution in [0.3, 0.4) is 0 Å². The molecule has 0 saturated carbocycles. The van der Waals surface area contributed by atoms with Gasteiger partial charge in [0.15, 0.2) is 5.88 Å². The van der Waals surface area contributed by atoms with Crippen LogP contribution in [-0.2, 0) is 0 Å². The summed E-state index contributed by atoms with van der Waals surface area (Å²) in [7, 11) is 0. The van der Waals surface area contributed by atoms with Crippen molar-refractivity contribution >= 4 is 34.4 Å². The van der Waals surface area contributed by atoms with Crippen molar-refractivity contribution in [2.24, 2.45) is 4.99 Å². The molecule has 106 valence electrons. The lowest BCUT2D eigenvalue weighted by Crippen LogP contribution is -1.81. The van der Waals surface area contributed by atoms with Gasteiger partial charge in [-0.3, -0.25) is 4.99 Å². The van der Waals surface area contributed by atoms with Crippen LogP contribution in [0.2, 0.25) is 5.02 Å². The Hall–Kier alpha value is -2.26. The van der Waals surface area contributed by atoms with Gasteiger partial charge in [-0.2, -0.15) is 0 Å². The molecular formula is C17H15ClN2O. The molecule has 2 N–H and O–H groups in total. The zero-order valence-corrected chi connectivity index (χ0v) is 12.6. The summed E-state index contributed by atoms with van der Waals surface area (Å²) in [6, 6.07) is 11.6. The third-order valence-electron chi connectivity index (χ3n) is 3.48. The summed E-state index contributed by atoms with van der Waals surface area (Å²) >= 11 is 5.99. The highest BCUT2D eigenvalue weighted by molar-refractivity contribution is 6.30. The number of aliphatic imine (C=N–C) groups is 1. The zero-order valence-electron chi connectivity index (χ0n) is 11.8. The van der Waals surface area contributed by atoms with Crippen LogP contribution < -0.4 is 0 Å². The Kier molecular flexibility index (Phi) is 3.43. The van der Waals surface area contributed by atoms with E-state index in [4.69, 9.17) is 11.6 Å². The highest BCUT2D eigenvalue weighted by Crippen LogP contribution is 2.28. The molecule has 0 atom stereocenters. The fourth-order valence-electron chi connectivity index (χ4n) is 2.31. The second-order valence-electron chi connectivity index (χ2n) is 5.13. The molecule has 0 aliphatic carbocycles. The van der Waals surface area contributed by atoms with E-state index in [1.807, 2.05) is 50.2 Å². The van der Waals surface area contributed by atoms with Gasteiger partial charge in [0.1, 0.15) is 0 Å². The average molecular weight is 299 g/mol. The predicted molar refractivity (Wildman–Crippen MR) is 88.1 cm³/mol. The van der Waals surface area contributed by atoms with E-state index in [1.165, 1.54) is 0 Å². The Morgan fingerprint density at radius 1 is 1.14 bits per heavy atom. The van der Waals surface area contributed by atoms with E-state index in [0.717, 1.165) is 27.7 Å². The first-order valence-corrected chi connectivity index (χ1v) is 7.04. The molecule has 4 heteroatoms. The molecule has 2 aromatic carbocycles. The maximum atomic E-state index is 10.1. The van der Waals surface area contributed by atoms with E-state index < -0.39 is 0 Å². The van der Waals surface area contributed by atoms with Crippen LogP contribution in [0.25, 0.3) is 10.9 Å². The number of aromatic amines is 1. The molecule has 3 rings (SSSR count). The largest absolute Gasteiger partial charge is 0.494 e. The van der Waals surface area contributed by atoms with E-state index in [0.29, 0.717) is 10.6 Å². The van der Waals surface area contributed by atoms with Crippen molar-refractivity contribution in [3.63, 3.8) is 0 Å². The van der Waals surface area contributed by atoms with Gasteiger partial charge in [0, 0.05) is 22.1 Å². The first kappa shape index (κ1) is 13.7. The Balaban J connectivity index is 2.07. The predicted octanol–water partition coefficient (Wildman–Crippen LogP) is 4.89. The van der Waals surface area contributed by atoms with Crippen molar-refractivity contribution in [1.82, 2.24) is 4.98 Å². The second kappa shape index (κ2) is 5.26. The van der Waals surface area contributed by atoms with Crippen molar-refractivity contribution in [3.8, 4) is 5.88 Å². The molecule has 0 spiro atoms. The molecule has 3 aromatic rings. The fourth-order valence-corrected chi connectivity index (χ4v) is 2.47. The van der Waals surface area contributed by atoms with E-state index in [9.17, 15) is 5.11 Å². The quantitative estimate of drug-likeness (QED) is 0.650. The lowest BCUT2D eigenvalue weighted by molar-refractivity contribution is 0.457. The van der Waals surface area contributed by atoms with Gasteiger partial charge < -0.3 is 10.1 Å². The standard InChI is InChI=1S/C17H15ClN2O/c1-10-3-6-13-14(17(21)20-16(13)7-10)9-19-15-8-12(18)5-4-11(15)2/h3-9,20-21H,1-2H3. The molecule has 0 fully saturated rings. The number of fused-ring (bicyclic) bond motifs is 1. The lowest BCUT2D eigenvalue weighted by Gasteiger charge is -2.00. The summed E-state index contributed by atoms with van der Waals surface area (Å²) in [5.41, 5.74) is 4.55. The van der Waals surface area contributed by atoms with Crippen LogP contribution in [0.15, 0.2) is 41.4 Å². The number of hydrogen-bond acceptors (Lipinski definition) is 2. The molecule has 0 aliphatic rings. The Bertz CT molecular complexity index is 849. The maximum absolute atomic E-state index is 10.1. The minimum Gasteiger partial charge on any atom is -0.494 e. The molecular weight excluding hydrogens is 284 g/mol. The average Bonchev–Trinajstić information content (AvgIpc) is 2.74. The van der Waals surface area contributed by atoms with Gasteiger partial charge in [-0.1, -0.05) is 29.8 Å². The van der Waals surface area contributed by atoms with Gasteiger partial charge in [0.2, 0.25) is 0 Å². The number of nitrogens with one attached hydrogen (secondary N) is 1. The highest BCUT2D eigenvalue weighted by Gasteiger charge is 2.08. The smallest absolute Gasteiger partial charge is 0.198 e. The van der Waals surface area contributed by atoms with Crippen LogP contribution in [0.4, 0.5) is 5.69 Å². The maximum Gasteiger partial charge on any atom is 0.198 e. The third kappa shape index (κ3) is 2.65. The van der Waals surface area contributed by atoms with Crippen LogP contribution in [-0.4, -0.2) is 16.3 Å². The van der Waals surface area contributed by atoms with Crippen molar-refractivity contribution in [1.29, 1.82) is 0 Å². The number of aromatic nitrogens is 1. The van der Waals surface area contributed by atoms with Gasteiger partial charge in [-0.15, -0.1) is 0 Å². The van der Waals surface area contributed by atoms with Crippen LogP contribution in [0, 0.1) is 13.8 Å². The van der Waals surface area contributed by atoms with Crippen molar-refractivity contribution < 1.29 is 5.11 Å². The molecule has 0 aliphatic heterocycles. The summed E-state index contributed by atoms with van der Waals surface area (Å²) in [6.07, 6.45) is 1.67. The molecule has 0 saturated heterocycles. The summed E-state index contributed by atoms with van der Waals surface area (Å²) < 4.78 is 0. The molecule has 1 aromatic heterocycles. The third-order valence-corrected chi connectivity index (χ3v) is 3.71. The monoisotopic (exact) mass is 298 g/mol. The van der Waals surface area contributed by atoms with E-state index in [1.54, 1.807) is 6.21 Å². The number of rotatable bonds is 2. The highest BCUT2D eigenvalue weighted by atomic mass is 35.5. The number of H-pyrrole nitrogens is 1. The first-order chi connectivity index (χ1) is 10.0. The van der Waals surface area contributed by atoms with Crippen molar-refractivity contribution in [2.75, 3.05) is 0 Å². The molecule has 0 unspecified atom stereocenters. The van der Waals surface area contributed by atoms with Crippen LogP contribution in [0.1, 0.15) is 16.7 Å². The summed E-state index contributed by atoms with van der Waals surface area (Å²) in [4.78, 5) is 7.42. The van der Waals surface area contributed by atoms with Gasteiger partial charge in [-0.05, 0) is 43.2 Å². The van der Waals surface area contributed by atoms with Gasteiger partial charge in [0.05, 0.1) is 11.3 Å². The van der Waals surface area contributed by atoms with Crippen molar-refractivity contribution in [2.45, 2.75) is 13.8 Å². The summed E-state index contributed by atoms with van der Waals surface area (Å²) in [5, 5.41) is 11.6. The fraction of sp³-hybridized carbons (Fsp3) is 0.118. The molecule has 0 bridgehead atoms. The van der Waals surface area contributed by atoms with Crippen LogP contribution >= 0.6 is 11.6 Å². The Morgan fingerprint density at radius 3 is 2.76 bits per heavy atom. The number of halogens is 1. The number of aryl methyl sites for hydroxylation is 2. The summed E-state index contributed by atoms with van der Waals surface area (Å²) in [6.45, 7) is 3.99. The van der Waals surface area contributed by atoms with Crippen LogP contribution in [0.5, 0.6) is 5.88 Å². The number of nitrogens with zero attached hydrogens (tertiary/aromatic N) is 1. The Labute approximate surface area is 127 Å². The topological polar surface area (TPSA) is 48.4 Å². The molecule has 0 radical (unpaired) electrons. The molecule has 1 heterocycles. The van der Waals surface area contributed by atoms with Gasteiger partial charge in [0.25, 0.3) is 0 Å². The summed E-state index contributed by atoms with van der Waals surface area (Å²) in [5.74, 6) is 0.124. The zero-order chi connectivity index (χ0) is 15.0. The normalized spacial score (nSPS) is 11.6. The lowest BCUT2D eigenvalue weighted by atomic mass is 10.1. The van der Waals surface area contributed by atoms with Crippen molar-refractivity contribution in [3.05, 3.63) is 58.1 Å². The van der Waals surface area contributed by atoms with E-state index in [-0.39, 0.29) is 5.88 Å².